The van der Waals surface area contributed by atoms with Crippen molar-refractivity contribution in [2.24, 2.45) is 0 Å². The fourth-order valence-electron chi connectivity index (χ4n) is 7.28. The standard InChI is InChI=1S/C59H103N2O7P/c1-6-8-10-12-14-16-18-20-21-22-23-24-25-26-27-28-29-30-31-32-33-34-35-36-37-38-39-40-42-44-46-48-50-52-58(63)60-56(55-68-69(65,66)67-54-53-61(3,4)5)59(64)57(62)51-49-47-45-43-41-19-17-15-13-11-9-7-2/h8,10,14,16,20-21,23-24,26-27,29-30,32-33,35-36,43,45,56-57,59,62,64H,6-7,9,11-13,15,17-19,22,25,28,31,34,37-42,44,46-55H2,1-5H3,(H-,60,63,65,66)/p+1/b10-8-,16-14-,21-20-,24-23-,27-26-,30-29-,33-32-,36-35-,45-43+. The van der Waals surface area contributed by atoms with Gasteiger partial charge in [0.15, 0.2) is 0 Å². The number of carbonyl (C=O) groups excluding carboxylic acids is 1. The van der Waals surface area contributed by atoms with Crippen molar-refractivity contribution in [1.29, 1.82) is 0 Å². The average Bonchev–Trinajstić information content (AvgIpc) is 3.31. The van der Waals surface area contributed by atoms with Crippen LogP contribution >= 0.6 is 7.82 Å². The van der Waals surface area contributed by atoms with Gasteiger partial charge in [0.2, 0.25) is 5.91 Å². The van der Waals surface area contributed by atoms with Crippen LogP contribution < -0.4 is 5.32 Å². The molecule has 0 fully saturated rings. The SMILES string of the molecule is CC/C=C\C/C=C\C/C=C\C/C=C\C/C=C\C/C=C\C/C=C\C/C=C\CCCCCCCCCCC(=O)NC(COP(=O)(O)OCC[N+](C)(C)C)C(O)C(O)CCC/C=C/CCCCCCCCC. The molecule has 0 saturated heterocycles. The quantitative estimate of drug-likeness (QED) is 0.0207. The lowest BCUT2D eigenvalue weighted by Gasteiger charge is -2.28. The zero-order valence-corrected chi connectivity index (χ0v) is 45.5. The summed E-state index contributed by atoms with van der Waals surface area (Å²) in [4.78, 5) is 23.3. The number of likely N-dealkylation sites (N-methyl/N-ethyl adjacent to an activating group) is 1. The summed E-state index contributed by atoms with van der Waals surface area (Å²) >= 11 is 0. The van der Waals surface area contributed by atoms with Crippen LogP contribution in [-0.2, 0) is 18.4 Å². The van der Waals surface area contributed by atoms with E-state index in [9.17, 15) is 24.5 Å². The van der Waals surface area contributed by atoms with Crippen molar-refractivity contribution in [3.05, 3.63) is 109 Å². The van der Waals surface area contributed by atoms with Gasteiger partial charge in [-0.25, -0.2) is 4.57 Å². The van der Waals surface area contributed by atoms with Gasteiger partial charge in [-0.3, -0.25) is 13.8 Å². The highest BCUT2D eigenvalue weighted by molar-refractivity contribution is 7.47. The first-order valence-electron chi connectivity index (χ1n) is 27.3. The van der Waals surface area contributed by atoms with Crippen molar-refractivity contribution in [3.63, 3.8) is 0 Å². The summed E-state index contributed by atoms with van der Waals surface area (Å²) < 4.78 is 23.6. The molecular formula is C59H104N2O7P+. The molecule has 0 aliphatic rings. The van der Waals surface area contributed by atoms with E-state index in [1.54, 1.807) is 0 Å². The van der Waals surface area contributed by atoms with Crippen LogP contribution in [0.4, 0.5) is 0 Å². The number of hydrogen-bond acceptors (Lipinski definition) is 6. The van der Waals surface area contributed by atoms with E-state index in [0.717, 1.165) is 89.9 Å². The first-order valence-corrected chi connectivity index (χ1v) is 28.8. The molecule has 9 nitrogen and oxygen atoms in total. The molecule has 0 aromatic carbocycles. The predicted molar refractivity (Wildman–Crippen MR) is 296 cm³/mol. The number of phosphoric ester groups is 1. The Kier molecular flexibility index (Phi) is 46.7. The number of phosphoric acid groups is 1. The highest BCUT2D eigenvalue weighted by Crippen LogP contribution is 2.43. The molecule has 0 spiro atoms. The molecular weight excluding hydrogens is 880 g/mol. The van der Waals surface area contributed by atoms with E-state index >= 15 is 0 Å². The second-order valence-electron chi connectivity index (χ2n) is 19.4. The fourth-order valence-corrected chi connectivity index (χ4v) is 8.01. The number of rotatable bonds is 48. The Morgan fingerprint density at radius 3 is 1.33 bits per heavy atom. The average molecular weight is 984 g/mol. The van der Waals surface area contributed by atoms with Gasteiger partial charge in [-0.05, 0) is 103 Å². The summed E-state index contributed by atoms with van der Waals surface area (Å²) in [6.07, 6.45) is 67.4. The van der Waals surface area contributed by atoms with E-state index in [-0.39, 0.29) is 18.9 Å². The second kappa shape index (κ2) is 48.7. The van der Waals surface area contributed by atoms with Crippen LogP contribution in [0.25, 0.3) is 0 Å². The van der Waals surface area contributed by atoms with Crippen molar-refractivity contribution in [1.82, 2.24) is 5.32 Å². The lowest BCUT2D eigenvalue weighted by atomic mass is 10.0. The molecule has 0 bridgehead atoms. The summed E-state index contributed by atoms with van der Waals surface area (Å²) in [5.41, 5.74) is 0. The minimum absolute atomic E-state index is 0.00897. The number of amides is 1. The molecule has 0 rings (SSSR count). The first kappa shape index (κ1) is 66.1. The van der Waals surface area contributed by atoms with Crippen LogP contribution in [0.3, 0.4) is 0 Å². The summed E-state index contributed by atoms with van der Waals surface area (Å²) in [6, 6.07) is -1.06. The molecule has 0 radical (unpaired) electrons. The van der Waals surface area contributed by atoms with Crippen LogP contribution in [0.15, 0.2) is 109 Å². The Labute approximate surface area is 424 Å². The molecule has 10 heteroatoms. The molecule has 0 aliphatic heterocycles. The Morgan fingerprint density at radius 1 is 0.522 bits per heavy atom. The van der Waals surface area contributed by atoms with Crippen molar-refractivity contribution in [3.8, 4) is 0 Å². The number of carbonyl (C=O) groups is 1. The number of aliphatic hydroxyl groups is 2. The zero-order chi connectivity index (χ0) is 50.8. The zero-order valence-electron chi connectivity index (χ0n) is 44.6. The van der Waals surface area contributed by atoms with E-state index in [4.69, 9.17) is 9.05 Å². The van der Waals surface area contributed by atoms with Crippen LogP contribution in [-0.4, -0.2) is 84.6 Å². The van der Waals surface area contributed by atoms with Crippen molar-refractivity contribution in [2.45, 2.75) is 218 Å². The van der Waals surface area contributed by atoms with E-state index < -0.39 is 32.7 Å². The number of nitrogens with zero attached hydrogens (tertiary/aromatic N) is 1. The van der Waals surface area contributed by atoms with Crippen LogP contribution in [0, 0.1) is 0 Å². The highest BCUT2D eigenvalue weighted by Gasteiger charge is 2.31. The number of allylic oxidation sites excluding steroid dienone is 18. The lowest BCUT2D eigenvalue weighted by Crippen LogP contribution is -2.51. The number of hydrogen-bond donors (Lipinski definition) is 4. The van der Waals surface area contributed by atoms with Crippen LogP contribution in [0.5, 0.6) is 0 Å². The molecule has 0 aromatic rings. The van der Waals surface area contributed by atoms with Crippen molar-refractivity contribution in [2.75, 3.05) is 40.9 Å². The van der Waals surface area contributed by atoms with Gasteiger partial charge in [0.25, 0.3) is 0 Å². The smallest absolute Gasteiger partial charge is 0.390 e. The van der Waals surface area contributed by atoms with Gasteiger partial charge in [-0.15, -0.1) is 0 Å². The monoisotopic (exact) mass is 984 g/mol. The molecule has 0 aliphatic carbocycles. The molecule has 69 heavy (non-hydrogen) atoms. The summed E-state index contributed by atoms with van der Waals surface area (Å²) in [5, 5.41) is 24.7. The third-order valence-corrected chi connectivity index (χ3v) is 12.6. The summed E-state index contributed by atoms with van der Waals surface area (Å²) in [5.74, 6) is -0.282. The Hall–Kier alpha value is -2.88. The molecule has 4 N–H and O–H groups in total. The normalized spacial score (nSPS) is 15.3. The van der Waals surface area contributed by atoms with E-state index in [1.165, 1.54) is 70.6 Å². The molecule has 4 atom stereocenters. The molecule has 4 unspecified atom stereocenters. The van der Waals surface area contributed by atoms with Gasteiger partial charge in [0.05, 0.1) is 39.9 Å². The molecule has 1 amide bonds. The third-order valence-electron chi connectivity index (χ3n) is 11.6. The minimum Gasteiger partial charge on any atom is -0.390 e. The van der Waals surface area contributed by atoms with Crippen molar-refractivity contribution < 1.29 is 38.0 Å². The Morgan fingerprint density at radius 2 is 0.899 bits per heavy atom. The summed E-state index contributed by atoms with van der Waals surface area (Å²) in [6.45, 7) is 4.44. The maximum absolute atomic E-state index is 13.0. The molecule has 0 saturated carbocycles. The highest BCUT2D eigenvalue weighted by atomic mass is 31.2. The van der Waals surface area contributed by atoms with Crippen molar-refractivity contribution >= 4 is 13.7 Å². The molecule has 0 aromatic heterocycles. The van der Waals surface area contributed by atoms with Gasteiger partial charge < -0.3 is 24.9 Å². The van der Waals surface area contributed by atoms with Crippen LogP contribution in [0.2, 0.25) is 0 Å². The largest absolute Gasteiger partial charge is 0.472 e. The predicted octanol–water partition coefficient (Wildman–Crippen LogP) is 15.4. The van der Waals surface area contributed by atoms with Gasteiger partial charge in [-0.1, -0.05) is 200 Å². The molecule has 396 valence electrons. The maximum atomic E-state index is 13.0. The maximum Gasteiger partial charge on any atom is 0.472 e. The number of quaternary nitrogens is 1. The van der Waals surface area contributed by atoms with E-state index in [1.807, 2.05) is 21.1 Å². The fraction of sp³-hybridized carbons (Fsp3) is 0.678. The minimum atomic E-state index is -4.44. The van der Waals surface area contributed by atoms with E-state index in [2.05, 4.69) is 129 Å². The number of aliphatic hydroxyl groups excluding tert-OH is 2. The Bertz CT molecular complexity index is 1510. The van der Waals surface area contributed by atoms with E-state index in [0.29, 0.717) is 30.3 Å². The lowest BCUT2D eigenvalue weighted by molar-refractivity contribution is -0.870. The second-order valence-corrected chi connectivity index (χ2v) is 20.8. The number of unbranched alkanes of at least 4 members (excludes halogenated alkanes) is 16. The topological polar surface area (TPSA) is 125 Å². The van der Waals surface area contributed by atoms with Crippen LogP contribution in [0.1, 0.15) is 200 Å². The Balaban J connectivity index is 4.28. The number of nitrogens with one attached hydrogen (secondary N) is 1. The van der Waals surface area contributed by atoms with Gasteiger partial charge in [0, 0.05) is 6.42 Å². The van der Waals surface area contributed by atoms with Gasteiger partial charge in [-0.2, -0.15) is 0 Å². The summed E-state index contributed by atoms with van der Waals surface area (Å²) in [7, 11) is 1.40. The van der Waals surface area contributed by atoms with Gasteiger partial charge in [0.1, 0.15) is 19.3 Å². The molecule has 0 heterocycles. The first-order chi connectivity index (χ1) is 33.4. The third kappa shape index (κ3) is 49.9. The van der Waals surface area contributed by atoms with Gasteiger partial charge >= 0.3 is 7.82 Å².